The van der Waals surface area contributed by atoms with Crippen molar-refractivity contribution in [1.29, 1.82) is 0 Å². The second-order valence-corrected chi connectivity index (χ2v) is 8.42. The van der Waals surface area contributed by atoms with Crippen LogP contribution in [0.5, 0.6) is 0 Å². The minimum absolute atomic E-state index is 0.0803. The summed E-state index contributed by atoms with van der Waals surface area (Å²) >= 11 is 0. The summed E-state index contributed by atoms with van der Waals surface area (Å²) in [5.74, 6) is -0.681. The van der Waals surface area contributed by atoms with Crippen molar-refractivity contribution in [2.45, 2.75) is 85.5 Å². The largest absolute Gasteiger partial charge is 0.460 e. The SMILES string of the molecule is CCC(C)[C@@H](c1ccc(F)cc1C)[C@H](C)OC(=O)[C@H](C)NC(=O)OC(C)(C)C. The van der Waals surface area contributed by atoms with Crippen LogP contribution in [-0.2, 0) is 14.3 Å². The molecule has 5 nitrogen and oxygen atoms in total. The minimum Gasteiger partial charge on any atom is -0.460 e. The van der Waals surface area contributed by atoms with Gasteiger partial charge in [-0.15, -0.1) is 0 Å². The average Bonchev–Trinajstić information content (AvgIpc) is 2.54. The second kappa shape index (κ2) is 9.89. The third-order valence-corrected chi connectivity index (χ3v) is 4.74. The zero-order valence-electron chi connectivity index (χ0n) is 18.3. The first kappa shape index (κ1) is 23.9. The van der Waals surface area contributed by atoms with Crippen molar-refractivity contribution in [3.8, 4) is 0 Å². The smallest absolute Gasteiger partial charge is 0.408 e. The van der Waals surface area contributed by atoms with Crippen LogP contribution in [0.3, 0.4) is 0 Å². The molecule has 0 fully saturated rings. The van der Waals surface area contributed by atoms with Crippen LogP contribution in [0.2, 0.25) is 0 Å². The molecule has 0 aliphatic rings. The van der Waals surface area contributed by atoms with Gasteiger partial charge in [0.1, 0.15) is 23.6 Å². The number of esters is 1. The van der Waals surface area contributed by atoms with Crippen LogP contribution < -0.4 is 5.32 Å². The van der Waals surface area contributed by atoms with Crippen molar-refractivity contribution < 1.29 is 23.5 Å². The number of halogens is 1. The van der Waals surface area contributed by atoms with Crippen molar-refractivity contribution >= 4 is 12.1 Å². The summed E-state index contributed by atoms with van der Waals surface area (Å²) in [6.07, 6.45) is -0.221. The third kappa shape index (κ3) is 7.13. The summed E-state index contributed by atoms with van der Waals surface area (Å²) in [6, 6.07) is 3.84. The summed E-state index contributed by atoms with van der Waals surface area (Å²) < 4.78 is 24.3. The molecule has 0 saturated carbocycles. The predicted octanol–water partition coefficient (Wildman–Crippen LogP) is 5.11. The fourth-order valence-electron chi connectivity index (χ4n) is 3.19. The van der Waals surface area contributed by atoms with Crippen molar-refractivity contribution in [1.82, 2.24) is 5.32 Å². The van der Waals surface area contributed by atoms with Crippen LogP contribution in [0, 0.1) is 18.7 Å². The van der Waals surface area contributed by atoms with E-state index < -0.39 is 29.8 Å². The molecule has 158 valence electrons. The molecule has 1 N–H and O–H groups in total. The van der Waals surface area contributed by atoms with E-state index >= 15 is 0 Å². The van der Waals surface area contributed by atoms with Crippen molar-refractivity contribution in [3.63, 3.8) is 0 Å². The Kier molecular flexibility index (Phi) is 8.46. The molecule has 0 aliphatic heterocycles. The van der Waals surface area contributed by atoms with Gasteiger partial charge in [-0.05, 0) is 70.7 Å². The molecule has 0 radical (unpaired) electrons. The normalized spacial score (nSPS) is 15.9. The molecular weight excluding hydrogens is 361 g/mol. The van der Waals surface area contributed by atoms with E-state index in [1.165, 1.54) is 12.1 Å². The van der Waals surface area contributed by atoms with Gasteiger partial charge < -0.3 is 14.8 Å². The van der Waals surface area contributed by atoms with E-state index in [0.29, 0.717) is 0 Å². The molecule has 1 rings (SSSR count). The summed E-state index contributed by atoms with van der Waals surface area (Å²) in [5.41, 5.74) is 1.14. The van der Waals surface area contributed by atoms with Gasteiger partial charge in [0.05, 0.1) is 0 Å². The van der Waals surface area contributed by atoms with Crippen molar-refractivity contribution in [2.75, 3.05) is 0 Å². The predicted molar refractivity (Wildman–Crippen MR) is 108 cm³/mol. The second-order valence-electron chi connectivity index (χ2n) is 8.42. The molecule has 0 spiro atoms. The number of alkyl carbamates (subject to hydrolysis) is 1. The summed E-state index contributed by atoms with van der Waals surface area (Å²) in [4.78, 5) is 24.4. The van der Waals surface area contributed by atoms with Gasteiger partial charge >= 0.3 is 12.1 Å². The van der Waals surface area contributed by atoms with E-state index in [-0.39, 0.29) is 17.7 Å². The van der Waals surface area contributed by atoms with Gasteiger partial charge in [-0.3, -0.25) is 0 Å². The number of benzene rings is 1. The van der Waals surface area contributed by atoms with E-state index in [0.717, 1.165) is 17.5 Å². The highest BCUT2D eigenvalue weighted by molar-refractivity contribution is 5.81. The molecule has 1 aromatic carbocycles. The molecule has 1 aromatic rings. The van der Waals surface area contributed by atoms with Crippen LogP contribution in [0.25, 0.3) is 0 Å². The van der Waals surface area contributed by atoms with E-state index in [1.54, 1.807) is 33.8 Å². The number of amides is 1. The van der Waals surface area contributed by atoms with Gasteiger partial charge in [0.25, 0.3) is 0 Å². The van der Waals surface area contributed by atoms with E-state index in [9.17, 15) is 14.0 Å². The fraction of sp³-hybridized carbons (Fsp3) is 0.636. The summed E-state index contributed by atoms with van der Waals surface area (Å²) in [7, 11) is 0. The highest BCUT2D eigenvalue weighted by Crippen LogP contribution is 2.34. The highest BCUT2D eigenvalue weighted by atomic mass is 19.1. The first-order valence-electron chi connectivity index (χ1n) is 9.81. The maximum Gasteiger partial charge on any atom is 0.408 e. The quantitative estimate of drug-likeness (QED) is 0.652. The standard InChI is InChI=1S/C22H34FNO4/c1-9-13(2)19(18-11-10-17(23)12-14(18)3)16(5)27-20(25)15(4)24-21(26)28-22(6,7)8/h10-13,15-16,19H,9H2,1-8H3,(H,24,26)/t13?,15-,16-,19+/m0/s1. The Bertz CT molecular complexity index is 684. The zero-order valence-corrected chi connectivity index (χ0v) is 18.3. The van der Waals surface area contributed by atoms with Gasteiger partial charge in [-0.1, -0.05) is 26.3 Å². The Balaban J connectivity index is 2.88. The first-order valence-corrected chi connectivity index (χ1v) is 9.81. The zero-order chi connectivity index (χ0) is 21.6. The Morgan fingerprint density at radius 1 is 1.18 bits per heavy atom. The Labute approximate surface area is 168 Å². The molecule has 0 heterocycles. The van der Waals surface area contributed by atoms with Gasteiger partial charge in [-0.25, -0.2) is 14.0 Å². The number of carbonyl (C=O) groups is 2. The molecule has 0 aromatic heterocycles. The van der Waals surface area contributed by atoms with Crippen molar-refractivity contribution in [2.24, 2.45) is 5.92 Å². The Hall–Kier alpha value is -2.11. The van der Waals surface area contributed by atoms with Crippen LogP contribution in [0.1, 0.15) is 71.9 Å². The monoisotopic (exact) mass is 395 g/mol. The Morgan fingerprint density at radius 3 is 2.29 bits per heavy atom. The molecule has 0 bridgehead atoms. The van der Waals surface area contributed by atoms with E-state index in [4.69, 9.17) is 9.47 Å². The topological polar surface area (TPSA) is 64.6 Å². The van der Waals surface area contributed by atoms with Crippen LogP contribution >= 0.6 is 0 Å². The number of aryl methyl sites for hydroxylation is 1. The molecule has 1 unspecified atom stereocenters. The molecule has 4 atom stereocenters. The molecule has 0 aliphatic carbocycles. The maximum atomic E-state index is 13.5. The van der Waals surface area contributed by atoms with Gasteiger partial charge in [0, 0.05) is 5.92 Å². The fourth-order valence-corrected chi connectivity index (χ4v) is 3.19. The number of ether oxygens (including phenoxy) is 2. The van der Waals surface area contributed by atoms with Gasteiger partial charge in [-0.2, -0.15) is 0 Å². The highest BCUT2D eigenvalue weighted by Gasteiger charge is 2.30. The number of carbonyl (C=O) groups excluding carboxylic acids is 2. The van der Waals surface area contributed by atoms with Gasteiger partial charge in [0.15, 0.2) is 0 Å². The van der Waals surface area contributed by atoms with E-state index in [1.807, 2.05) is 13.8 Å². The minimum atomic E-state index is -0.843. The number of rotatable bonds is 7. The number of hydrogen-bond donors (Lipinski definition) is 1. The van der Waals surface area contributed by atoms with Gasteiger partial charge in [0.2, 0.25) is 0 Å². The van der Waals surface area contributed by atoms with Crippen LogP contribution in [0.15, 0.2) is 18.2 Å². The third-order valence-electron chi connectivity index (χ3n) is 4.74. The van der Waals surface area contributed by atoms with Crippen LogP contribution in [0.4, 0.5) is 9.18 Å². The average molecular weight is 396 g/mol. The first-order chi connectivity index (χ1) is 12.9. The molecular formula is C22H34FNO4. The molecule has 1 amide bonds. The van der Waals surface area contributed by atoms with E-state index in [2.05, 4.69) is 19.2 Å². The Morgan fingerprint density at radius 2 is 1.79 bits per heavy atom. The lowest BCUT2D eigenvalue weighted by molar-refractivity contribution is -0.152. The summed E-state index contributed by atoms with van der Waals surface area (Å²) in [6.45, 7) is 14.6. The number of nitrogens with one attached hydrogen (secondary N) is 1. The van der Waals surface area contributed by atoms with Crippen LogP contribution in [-0.4, -0.2) is 29.8 Å². The molecule has 28 heavy (non-hydrogen) atoms. The maximum absolute atomic E-state index is 13.5. The lowest BCUT2D eigenvalue weighted by Gasteiger charge is -2.31. The summed E-state index contributed by atoms with van der Waals surface area (Å²) in [5, 5.41) is 2.50. The lowest BCUT2D eigenvalue weighted by atomic mass is 9.80. The van der Waals surface area contributed by atoms with Crippen molar-refractivity contribution in [3.05, 3.63) is 35.1 Å². The molecule has 6 heteroatoms. The molecule has 0 saturated heterocycles. The lowest BCUT2D eigenvalue weighted by Crippen LogP contribution is -2.43. The number of hydrogen-bond acceptors (Lipinski definition) is 4.